The van der Waals surface area contributed by atoms with Crippen LogP contribution in [0.2, 0.25) is 0 Å². The molecule has 60 atom stereocenters. The molecule has 850 valence electrons. The van der Waals surface area contributed by atoms with Gasteiger partial charge in [0.1, 0.15) is 287 Å². The monoisotopic (exact) mass is 2150 g/mol. The Labute approximate surface area is 832 Å². The summed E-state index contributed by atoms with van der Waals surface area (Å²) in [5.74, 6) is -5.09. The van der Waals surface area contributed by atoms with Crippen LogP contribution in [0.25, 0.3) is 0 Å². The minimum absolute atomic E-state index is 0.853. The second-order valence-electron chi connectivity index (χ2n) is 37.3. The van der Waals surface area contributed by atoms with E-state index >= 15 is 0 Å². The number of amides is 5. The van der Waals surface area contributed by atoms with Crippen LogP contribution in [0.5, 0.6) is 0 Å². The highest BCUT2D eigenvalue weighted by atomic mass is 16.8. The van der Waals surface area contributed by atoms with E-state index in [1.165, 1.54) is 6.92 Å². The highest BCUT2D eigenvalue weighted by Gasteiger charge is 2.64. The molecule has 0 aromatic rings. The van der Waals surface area contributed by atoms with E-state index in [-0.39, 0.29) is 0 Å². The molecule has 147 heavy (non-hydrogen) atoms. The van der Waals surface area contributed by atoms with Crippen LogP contribution in [0.15, 0.2) is 0 Å². The fraction of sp³-hybridized carbons (Fsp3) is 0.939. The molecule has 5 amide bonds. The Kier molecular flexibility index (Phi) is 43.4. The number of carbonyl (C=O) groups excluding carboxylic acids is 5. The zero-order valence-electron chi connectivity index (χ0n) is 79.2. The summed E-state index contributed by atoms with van der Waals surface area (Å²) in [5.41, 5.74) is 0. The van der Waals surface area contributed by atoms with Crippen LogP contribution in [0.4, 0.5) is 0 Å². The topological polar surface area (TPSA) is 1010 Å². The maximum absolute atomic E-state index is 13.5. The van der Waals surface area contributed by atoms with E-state index in [2.05, 4.69) is 26.6 Å². The third kappa shape index (κ3) is 26.8. The van der Waals surface area contributed by atoms with Gasteiger partial charge in [0.15, 0.2) is 75.5 Å². The molecular weight excluding hydrogens is 2010 g/mol. The van der Waals surface area contributed by atoms with E-state index in [0.717, 1.165) is 34.6 Å². The van der Waals surface area contributed by atoms with Crippen LogP contribution in [-0.2, 0) is 133 Å². The van der Waals surface area contributed by atoms with Crippen LogP contribution in [-0.4, -0.2) is 634 Å². The smallest absolute Gasteiger partial charge is 0.217 e. The number of carbonyl (C=O) groups is 5. The zero-order valence-corrected chi connectivity index (χ0v) is 79.2. The number of aliphatic hydroxyl groups excluding tert-OH is 32. The molecule has 0 radical (unpaired) electrons. The average Bonchev–Trinajstić information content (AvgIpc) is 0.749. The molecule has 12 rings (SSSR count). The van der Waals surface area contributed by atoms with Crippen molar-refractivity contribution in [2.75, 3.05) is 72.7 Å². The third-order valence-electron chi connectivity index (χ3n) is 27.0. The van der Waals surface area contributed by atoms with Crippen LogP contribution < -0.4 is 26.6 Å². The van der Waals surface area contributed by atoms with Crippen LogP contribution >= 0.6 is 0 Å². The summed E-state index contributed by atoms with van der Waals surface area (Å²) in [6, 6.07) is -10.2. The van der Waals surface area contributed by atoms with Crippen molar-refractivity contribution in [3.63, 3.8) is 0 Å². The fourth-order valence-electron chi connectivity index (χ4n) is 19.2. The molecule has 0 saturated carbocycles. The SMILES string of the molecule is CC(=O)N[C@H]1[C@H](O[C@H]2[C@H](O)[C@@H](NC(C)=O)C(O)O[C@@H]2CO[C@@H]2O[C@@H](C)[C@@H](O)[C@@H](O)[C@@H]2O)O[C@H](CO)[C@@H](O[C@@H]2O[C@H](CO[C@H]3O[C@H](CO)[C@@H](O)[C@H](O)[C@@H]3O[C@@H]3O[C@H](CO)[C@@H](O)[C@H](O[C@@H]4O[C@H](CO)[C@H](O)[C@H](O)[C@H]4O)[C@H]3NC(C)=O)[C@@H](O)[C@H](O[C@H]3O[C@H](CO)[C@@H](O[C@@H]4O[C@H](CO)[C@@H](O)[C@H](O[C@@H]5O[C@H](CO)[C@H](O)[C@H](O)[C@H]5O)[C@H]4NC(C)=O)[C@H](O)[C@@H]3O[C@@H]3O[C@H](CO)[C@@H](O[C@@H]4O[C@H](CO)[C@H](O)[C@H](O)[C@H]4O)[C@H](O)[C@H]3NC(C)=O)[C@@H]2O)[C@@H]1O. The Morgan fingerprint density at radius 2 is 0.435 bits per heavy atom. The second kappa shape index (κ2) is 52.8. The van der Waals surface area contributed by atoms with E-state index in [4.69, 9.17) is 109 Å². The second-order valence-corrected chi connectivity index (χ2v) is 37.3. The molecule has 37 N–H and O–H groups in total. The molecule has 1 unspecified atom stereocenters. The molecule has 0 aliphatic carbocycles. The minimum Gasteiger partial charge on any atom is -0.394 e. The Morgan fingerprint density at radius 1 is 0.190 bits per heavy atom. The van der Waals surface area contributed by atoms with Crippen molar-refractivity contribution in [1.82, 2.24) is 26.6 Å². The van der Waals surface area contributed by atoms with Crippen molar-refractivity contribution < 1.29 is 296 Å². The van der Waals surface area contributed by atoms with Crippen molar-refractivity contribution >= 4 is 29.5 Å². The largest absolute Gasteiger partial charge is 0.394 e. The molecule has 12 aliphatic rings. The van der Waals surface area contributed by atoms with E-state index in [9.17, 15) is 187 Å². The van der Waals surface area contributed by atoms with Gasteiger partial charge in [0, 0.05) is 34.6 Å². The summed E-state index contributed by atoms with van der Waals surface area (Å²) in [6.07, 6.45) is -120. The number of aliphatic hydroxyl groups is 32. The first-order valence-corrected chi connectivity index (χ1v) is 47.0. The lowest BCUT2D eigenvalue weighted by Gasteiger charge is -2.52. The summed E-state index contributed by atoms with van der Waals surface area (Å²) < 4.78 is 139. The summed E-state index contributed by atoms with van der Waals surface area (Å²) in [7, 11) is 0. The normalized spacial score (nSPS) is 49.6. The minimum atomic E-state index is -2.82. The van der Waals surface area contributed by atoms with Gasteiger partial charge in [-0.2, -0.15) is 0 Å². The molecule has 0 aromatic heterocycles. The first kappa shape index (κ1) is 121. The van der Waals surface area contributed by atoms with Crippen LogP contribution in [0.1, 0.15) is 41.5 Å². The van der Waals surface area contributed by atoms with Crippen molar-refractivity contribution in [2.24, 2.45) is 0 Å². The van der Waals surface area contributed by atoms with Gasteiger partial charge in [0.25, 0.3) is 0 Å². The van der Waals surface area contributed by atoms with Crippen molar-refractivity contribution in [1.29, 1.82) is 0 Å². The van der Waals surface area contributed by atoms with Crippen LogP contribution in [0, 0.1) is 0 Å². The van der Waals surface area contributed by atoms with Crippen molar-refractivity contribution in [3.05, 3.63) is 0 Å². The maximum Gasteiger partial charge on any atom is 0.217 e. The van der Waals surface area contributed by atoms with Gasteiger partial charge in [0.05, 0.1) is 78.8 Å². The quantitative estimate of drug-likeness (QED) is 0.0273. The zero-order chi connectivity index (χ0) is 108. The van der Waals surface area contributed by atoms with Crippen LogP contribution in [0.3, 0.4) is 0 Å². The average molecular weight is 2150 g/mol. The highest BCUT2D eigenvalue weighted by molar-refractivity contribution is 5.75. The Morgan fingerprint density at radius 3 is 0.830 bits per heavy atom. The van der Waals surface area contributed by atoms with Gasteiger partial charge in [-0.25, -0.2) is 0 Å². The Hall–Kier alpha value is -4.85. The van der Waals surface area contributed by atoms with Gasteiger partial charge in [-0.1, -0.05) is 0 Å². The van der Waals surface area contributed by atoms with E-state index in [0.29, 0.717) is 0 Å². The number of hydrogen-bond donors (Lipinski definition) is 37. The Bertz CT molecular complexity index is 4110. The lowest BCUT2D eigenvalue weighted by Crippen LogP contribution is -2.72. The summed E-state index contributed by atoms with van der Waals surface area (Å²) in [4.78, 5) is 66.3. The molecule has 12 aliphatic heterocycles. The number of rotatable bonds is 38. The molecule has 65 nitrogen and oxygen atoms in total. The molecule has 0 bridgehead atoms. The Balaban J connectivity index is 0.944. The summed E-state index contributed by atoms with van der Waals surface area (Å²) in [6.45, 7) is -7.41. The van der Waals surface area contributed by atoms with Crippen molar-refractivity contribution in [3.8, 4) is 0 Å². The predicted molar refractivity (Wildman–Crippen MR) is 452 cm³/mol. The fourth-order valence-corrected chi connectivity index (χ4v) is 19.2. The van der Waals surface area contributed by atoms with Gasteiger partial charge in [-0.3, -0.25) is 24.0 Å². The van der Waals surface area contributed by atoms with Gasteiger partial charge in [-0.05, 0) is 6.92 Å². The predicted octanol–water partition coefficient (Wildman–Crippen LogP) is -25.4. The first-order chi connectivity index (χ1) is 69.5. The molecule has 12 heterocycles. The summed E-state index contributed by atoms with van der Waals surface area (Å²) >= 11 is 0. The maximum atomic E-state index is 13.5. The molecule has 0 spiro atoms. The third-order valence-corrected chi connectivity index (χ3v) is 27.0. The standard InChI is InChI=1S/C82H137N5O60/c1-18-40(102)51(113)56(118)76(127-18)125-17-34-65(48(110)35(71(124)128-34)83-19(2)97)140-72-36(84-20(3)98)49(111)63(31(14-95)135-72)142-80-61(123)68(47(109)33(138-80)16-126-81-69(55(117)44(106)27(10-91)134-81)146-75-39(87-23(6)101)67(46(108)29(12-93)130-75)144-79-59(121)54(116)43(105)26(9-90)133-79)145-82-70(147-73-37(85-21(4)99)50(112)62(30(13-94)136-73)141-77-57(119)52(114)41(103)24(7-88)131-77)60(122)64(32(15-96)137-82)139-74-38(86-22(5)100)66(45(107)28(11-92)129-74)143-78-58(120)53(115)42(104)25(8-89)132-78/h18,24-82,88-96,102-124H,7-17H2,1-6H3,(H,83,97)(H,84,98)(H,85,99)(H,86,100)(H,87,101)/t18-,24+,25+,26+,27+,28+,29+,30+,31+,32+,33+,34+,35+,36+,37+,38+,39+,40+,41-,42-,43-,44+,45+,46+,47+,48+,49+,50+,51+,52-,53-,54-,55-,56-,57+,58+,59+,60-,61-,62+,63+,64+,65+,66+,67+,68-,69-,70-,71?,72-,73-,74-,75-,76+,77-,78-,79-,80-,81-,82+/m0/s1. The van der Waals surface area contributed by atoms with E-state index in [1.54, 1.807) is 0 Å². The lowest BCUT2D eigenvalue weighted by molar-refractivity contribution is -0.406. The van der Waals surface area contributed by atoms with E-state index in [1.807, 2.05) is 0 Å². The number of ether oxygens (including phenoxy) is 23. The number of hydrogen-bond acceptors (Lipinski definition) is 60. The van der Waals surface area contributed by atoms with Gasteiger partial charge < -0.3 is 299 Å². The molecule has 12 fully saturated rings. The molecule has 0 aromatic carbocycles. The summed E-state index contributed by atoms with van der Waals surface area (Å²) in [5, 5.41) is 374. The molecular formula is C82H137N5O60. The van der Waals surface area contributed by atoms with Gasteiger partial charge >= 0.3 is 0 Å². The van der Waals surface area contributed by atoms with Gasteiger partial charge in [0.2, 0.25) is 29.5 Å². The van der Waals surface area contributed by atoms with Gasteiger partial charge in [-0.15, -0.1) is 0 Å². The lowest BCUT2D eigenvalue weighted by atomic mass is 9.93. The molecule has 12 saturated heterocycles. The molecule has 65 heteroatoms. The highest BCUT2D eigenvalue weighted by Crippen LogP contribution is 2.43. The first-order valence-electron chi connectivity index (χ1n) is 47.0. The van der Waals surface area contributed by atoms with Crippen molar-refractivity contribution in [2.45, 2.75) is 410 Å². The van der Waals surface area contributed by atoms with E-state index < -0.39 is 470 Å². The number of nitrogens with one attached hydrogen (secondary N) is 5.